The van der Waals surface area contributed by atoms with Crippen molar-refractivity contribution in [3.8, 4) is 0 Å². The molecule has 0 saturated carbocycles. The van der Waals surface area contributed by atoms with Gasteiger partial charge in [-0.15, -0.1) is 0 Å². The number of rotatable bonds is 6. The third-order valence-electron chi connectivity index (χ3n) is 5.47. The van der Waals surface area contributed by atoms with E-state index in [1.807, 2.05) is 42.5 Å². The van der Waals surface area contributed by atoms with E-state index in [4.69, 9.17) is 4.74 Å². The Morgan fingerprint density at radius 3 is 2.74 bits per heavy atom. The summed E-state index contributed by atoms with van der Waals surface area (Å²) in [4.78, 5) is 39.1. The third-order valence-corrected chi connectivity index (χ3v) is 5.47. The van der Waals surface area contributed by atoms with Gasteiger partial charge in [-0.1, -0.05) is 42.5 Å². The second kappa shape index (κ2) is 8.84. The number of H-pyrrole nitrogens is 1. The summed E-state index contributed by atoms with van der Waals surface area (Å²) in [5.41, 5.74) is -0.724. The quantitative estimate of drug-likeness (QED) is 0.449. The Morgan fingerprint density at radius 2 is 1.97 bits per heavy atom. The highest BCUT2D eigenvalue weighted by Gasteiger charge is 2.35. The number of benzene rings is 2. The SMILES string of the molecule is O=C(NCCc1cccc2ccccc12)c1cn([C@H]2C[C@H](O)[C@@H](CO)O2)c(=O)[nH]c1=O. The third kappa shape index (κ3) is 4.29. The van der Waals surface area contributed by atoms with E-state index < -0.39 is 42.2 Å². The maximum absolute atomic E-state index is 12.6. The van der Waals surface area contributed by atoms with Gasteiger partial charge in [0.05, 0.1) is 12.7 Å². The van der Waals surface area contributed by atoms with Gasteiger partial charge in [-0.3, -0.25) is 19.1 Å². The second-order valence-electron chi connectivity index (χ2n) is 7.47. The smallest absolute Gasteiger partial charge is 0.330 e. The van der Waals surface area contributed by atoms with Gasteiger partial charge in [0.2, 0.25) is 0 Å². The number of nitrogens with zero attached hydrogens (tertiary/aromatic N) is 1. The lowest BCUT2D eigenvalue weighted by Crippen LogP contribution is -2.38. The van der Waals surface area contributed by atoms with E-state index in [9.17, 15) is 24.6 Å². The Kier molecular flexibility index (Phi) is 5.99. The largest absolute Gasteiger partial charge is 0.394 e. The van der Waals surface area contributed by atoms with Gasteiger partial charge in [0.15, 0.2) is 0 Å². The van der Waals surface area contributed by atoms with Crippen molar-refractivity contribution >= 4 is 16.7 Å². The van der Waals surface area contributed by atoms with Crippen LogP contribution in [0.25, 0.3) is 10.8 Å². The van der Waals surface area contributed by atoms with Crippen LogP contribution in [0.2, 0.25) is 0 Å². The molecule has 9 nitrogen and oxygen atoms in total. The number of fused-ring (bicyclic) bond motifs is 1. The van der Waals surface area contributed by atoms with Crippen LogP contribution in [0.15, 0.2) is 58.3 Å². The van der Waals surface area contributed by atoms with E-state index in [1.54, 1.807) is 0 Å². The van der Waals surface area contributed by atoms with Crippen LogP contribution >= 0.6 is 0 Å². The minimum Gasteiger partial charge on any atom is -0.394 e. The van der Waals surface area contributed by atoms with Crippen molar-refractivity contribution in [2.24, 2.45) is 0 Å². The van der Waals surface area contributed by atoms with Crippen molar-refractivity contribution < 1.29 is 19.7 Å². The Hall–Kier alpha value is -3.27. The Labute approximate surface area is 176 Å². The van der Waals surface area contributed by atoms with E-state index >= 15 is 0 Å². The van der Waals surface area contributed by atoms with Gasteiger partial charge < -0.3 is 20.3 Å². The summed E-state index contributed by atoms with van der Waals surface area (Å²) in [6.07, 6.45) is -0.918. The van der Waals surface area contributed by atoms with E-state index in [0.717, 1.165) is 27.1 Å². The average molecular weight is 425 g/mol. The Morgan fingerprint density at radius 1 is 1.19 bits per heavy atom. The maximum Gasteiger partial charge on any atom is 0.330 e. The fraction of sp³-hybridized carbons (Fsp3) is 0.318. The number of ether oxygens (including phenoxy) is 1. The number of nitrogens with one attached hydrogen (secondary N) is 2. The van der Waals surface area contributed by atoms with Gasteiger partial charge >= 0.3 is 5.69 Å². The number of aliphatic hydroxyl groups excluding tert-OH is 2. The molecular formula is C22H23N3O6. The molecule has 1 aliphatic heterocycles. The standard InChI is InChI=1S/C22H23N3O6/c26-12-18-17(27)10-19(31-18)25-11-16(21(29)24-22(25)30)20(28)23-9-8-14-6-3-5-13-4-1-2-7-15(13)14/h1-7,11,17-19,26-27H,8-10,12H2,(H,23,28)(H,24,29,30)/t17-,18+,19+/m0/s1. The van der Waals surface area contributed by atoms with Gasteiger partial charge in [-0.2, -0.15) is 0 Å². The van der Waals surface area contributed by atoms with Crippen LogP contribution in [0.3, 0.4) is 0 Å². The molecule has 0 radical (unpaired) electrons. The van der Waals surface area contributed by atoms with Crippen LogP contribution in [0.4, 0.5) is 0 Å². The predicted molar refractivity (Wildman–Crippen MR) is 113 cm³/mol. The molecule has 162 valence electrons. The molecule has 1 saturated heterocycles. The molecule has 9 heteroatoms. The summed E-state index contributed by atoms with van der Waals surface area (Å²) >= 11 is 0. The fourth-order valence-electron chi connectivity index (χ4n) is 3.83. The fourth-order valence-corrected chi connectivity index (χ4v) is 3.83. The van der Waals surface area contributed by atoms with Gasteiger partial charge in [0.25, 0.3) is 11.5 Å². The first-order valence-electron chi connectivity index (χ1n) is 10.0. The molecule has 31 heavy (non-hydrogen) atoms. The molecule has 0 unspecified atom stereocenters. The van der Waals surface area contributed by atoms with Crippen LogP contribution in [0, 0.1) is 0 Å². The van der Waals surface area contributed by atoms with Gasteiger partial charge in [0.1, 0.15) is 17.9 Å². The molecule has 4 rings (SSSR count). The number of carbonyl (C=O) groups excluding carboxylic acids is 1. The monoisotopic (exact) mass is 425 g/mol. The zero-order valence-corrected chi connectivity index (χ0v) is 16.7. The van der Waals surface area contributed by atoms with E-state index in [2.05, 4.69) is 10.3 Å². The van der Waals surface area contributed by atoms with Crippen molar-refractivity contribution in [3.63, 3.8) is 0 Å². The first-order chi connectivity index (χ1) is 15.0. The summed E-state index contributed by atoms with van der Waals surface area (Å²) in [5.74, 6) is -0.618. The number of aromatic nitrogens is 2. The first kappa shape index (κ1) is 21.0. The second-order valence-corrected chi connectivity index (χ2v) is 7.47. The lowest BCUT2D eigenvalue weighted by Gasteiger charge is -2.15. The number of aromatic amines is 1. The molecule has 0 spiro atoms. The van der Waals surface area contributed by atoms with Crippen molar-refractivity contribution in [3.05, 3.63) is 80.6 Å². The molecule has 3 atom stereocenters. The molecule has 1 aromatic heterocycles. The zero-order valence-electron chi connectivity index (χ0n) is 16.7. The summed E-state index contributed by atoms with van der Waals surface area (Å²) in [6.45, 7) is -0.103. The van der Waals surface area contributed by atoms with Crippen LogP contribution in [0.1, 0.15) is 28.6 Å². The number of amides is 1. The molecule has 2 heterocycles. The van der Waals surface area contributed by atoms with Crippen LogP contribution in [-0.4, -0.2) is 51.0 Å². The van der Waals surface area contributed by atoms with Crippen molar-refractivity contribution in [2.45, 2.75) is 31.3 Å². The number of aliphatic hydroxyl groups is 2. The first-order valence-corrected chi connectivity index (χ1v) is 10.0. The summed E-state index contributed by atoms with van der Waals surface area (Å²) in [5, 5.41) is 24.0. The van der Waals surface area contributed by atoms with E-state index in [-0.39, 0.29) is 12.0 Å². The van der Waals surface area contributed by atoms with Crippen LogP contribution in [-0.2, 0) is 11.2 Å². The topological polar surface area (TPSA) is 134 Å². The molecule has 2 aromatic carbocycles. The molecule has 0 bridgehead atoms. The molecule has 1 amide bonds. The molecule has 0 aliphatic carbocycles. The Balaban J connectivity index is 1.48. The minimum absolute atomic E-state index is 0.0549. The van der Waals surface area contributed by atoms with Crippen molar-refractivity contribution in [1.29, 1.82) is 0 Å². The van der Waals surface area contributed by atoms with Crippen molar-refractivity contribution in [1.82, 2.24) is 14.9 Å². The average Bonchev–Trinajstić information content (AvgIpc) is 3.14. The number of hydrogen-bond donors (Lipinski definition) is 4. The highest BCUT2D eigenvalue weighted by atomic mass is 16.5. The summed E-state index contributed by atoms with van der Waals surface area (Å²) in [7, 11) is 0. The Bertz CT molecular complexity index is 1210. The lowest BCUT2D eigenvalue weighted by atomic mass is 10.0. The summed E-state index contributed by atoms with van der Waals surface area (Å²) in [6, 6.07) is 13.9. The zero-order chi connectivity index (χ0) is 22.0. The summed E-state index contributed by atoms with van der Waals surface area (Å²) < 4.78 is 6.51. The minimum atomic E-state index is -0.952. The van der Waals surface area contributed by atoms with E-state index in [1.165, 1.54) is 0 Å². The molecule has 1 aliphatic rings. The van der Waals surface area contributed by atoms with Crippen LogP contribution < -0.4 is 16.6 Å². The molecule has 1 fully saturated rings. The van der Waals surface area contributed by atoms with Gasteiger partial charge in [-0.05, 0) is 22.8 Å². The highest BCUT2D eigenvalue weighted by molar-refractivity contribution is 5.93. The molecular weight excluding hydrogens is 402 g/mol. The van der Waals surface area contributed by atoms with Crippen molar-refractivity contribution in [2.75, 3.05) is 13.2 Å². The number of carbonyl (C=O) groups is 1. The number of hydrogen-bond acceptors (Lipinski definition) is 6. The van der Waals surface area contributed by atoms with Crippen LogP contribution in [0.5, 0.6) is 0 Å². The maximum atomic E-state index is 12.6. The normalized spacial score (nSPS) is 20.8. The lowest BCUT2D eigenvalue weighted by molar-refractivity contribution is -0.0459. The molecule has 3 aromatic rings. The molecule has 4 N–H and O–H groups in total. The van der Waals surface area contributed by atoms with Gasteiger partial charge in [-0.25, -0.2) is 4.79 Å². The van der Waals surface area contributed by atoms with Gasteiger partial charge in [0, 0.05) is 19.2 Å². The highest BCUT2D eigenvalue weighted by Crippen LogP contribution is 2.27. The predicted octanol–water partition coefficient (Wildman–Crippen LogP) is 0.303. The van der Waals surface area contributed by atoms with E-state index in [0.29, 0.717) is 13.0 Å².